The van der Waals surface area contributed by atoms with Gasteiger partial charge in [0.15, 0.2) is 14.5 Å². The molecule has 0 aliphatic carbocycles. The Kier molecular flexibility index (Phi) is 7.41. The summed E-state index contributed by atoms with van der Waals surface area (Å²) in [6, 6.07) is 0. The molecule has 0 saturated heterocycles. The second-order valence-corrected chi connectivity index (χ2v) is 6.93. The van der Waals surface area contributed by atoms with Crippen LogP contribution in [0.25, 0.3) is 0 Å². The summed E-state index contributed by atoms with van der Waals surface area (Å²) in [6.07, 6.45) is 3.95. The van der Waals surface area contributed by atoms with Crippen LogP contribution in [0.3, 0.4) is 0 Å². The fourth-order valence-corrected chi connectivity index (χ4v) is 5.17. The zero-order valence-electron chi connectivity index (χ0n) is 7.59. The molecule has 0 amide bonds. The van der Waals surface area contributed by atoms with Crippen molar-refractivity contribution in [1.29, 1.82) is 0 Å². The second-order valence-electron chi connectivity index (χ2n) is 1.88. The maximum atomic E-state index is 9.41. The number of thioether (sulfide) groups is 2. The highest BCUT2D eigenvalue weighted by Gasteiger charge is 2.21. The monoisotopic (exact) mass is 310 g/mol. The van der Waals surface area contributed by atoms with Crippen LogP contribution in [0.4, 0.5) is 0 Å². The molecular formula is C5H7ClO5S4. The Bertz CT molecular complexity index is 271. The lowest BCUT2D eigenvalue weighted by atomic mass is 10.7. The Morgan fingerprint density at radius 2 is 1.67 bits per heavy atom. The van der Waals surface area contributed by atoms with Gasteiger partial charge in [0.2, 0.25) is 5.75 Å². The molecule has 1 N–H and O–H groups in total. The first-order valence-electron chi connectivity index (χ1n) is 3.14. The van der Waals surface area contributed by atoms with Gasteiger partial charge in [-0.1, -0.05) is 11.8 Å². The van der Waals surface area contributed by atoms with Crippen molar-refractivity contribution in [1.82, 2.24) is 0 Å². The Hall–Kier alpha value is 0.680. The normalized spacial score (nSPS) is 10.8. The van der Waals surface area contributed by atoms with E-state index >= 15 is 0 Å². The number of aromatic hydroxyl groups is 1. The minimum absolute atomic E-state index is 0.468. The van der Waals surface area contributed by atoms with E-state index in [2.05, 4.69) is 0 Å². The predicted molar refractivity (Wildman–Crippen MR) is 51.8 cm³/mol. The Morgan fingerprint density at radius 3 is 1.87 bits per heavy atom. The first-order chi connectivity index (χ1) is 6.79. The summed E-state index contributed by atoms with van der Waals surface area (Å²) in [5, 5.41) is 9.41. The summed E-state index contributed by atoms with van der Waals surface area (Å²) in [6.45, 7) is 0. The standard InChI is InChI=1S/C5H6OS4.ClHO4/c1-7-4-3(6)5(8-2)10-9-4;2-1(3,4)5/h1-2H3;(H,2,3,4,5). The van der Waals surface area contributed by atoms with Crippen LogP contribution in [0, 0.1) is 10.2 Å². The van der Waals surface area contributed by atoms with E-state index in [4.69, 9.17) is 18.6 Å². The Labute approximate surface area is 105 Å². The summed E-state index contributed by atoms with van der Waals surface area (Å²) >= 11 is 3.19. The molecule has 0 spiro atoms. The van der Waals surface area contributed by atoms with Crippen LogP contribution in [0.15, 0.2) is 8.42 Å². The molecule has 1 heterocycles. The molecule has 1 rings (SSSR count). The molecule has 0 aliphatic rings. The van der Waals surface area contributed by atoms with E-state index in [-0.39, 0.29) is 0 Å². The molecule has 0 fully saturated rings. The van der Waals surface area contributed by atoms with Gasteiger partial charge in [0.1, 0.15) is 0 Å². The van der Waals surface area contributed by atoms with Crippen molar-refractivity contribution in [2.45, 2.75) is 8.42 Å². The lowest BCUT2D eigenvalue weighted by molar-refractivity contribution is -2.00. The van der Waals surface area contributed by atoms with Crippen LogP contribution in [-0.4, -0.2) is 17.6 Å². The zero-order chi connectivity index (χ0) is 12.1. The lowest BCUT2D eigenvalue weighted by Gasteiger charge is -2.17. The van der Waals surface area contributed by atoms with Crippen LogP contribution in [-0.2, 0) is 0 Å². The van der Waals surface area contributed by atoms with E-state index in [1.54, 1.807) is 44.2 Å². The molecule has 10 heteroatoms. The van der Waals surface area contributed by atoms with Crippen molar-refractivity contribution in [3.05, 3.63) is 0 Å². The van der Waals surface area contributed by atoms with E-state index in [0.717, 1.165) is 8.42 Å². The molecule has 0 aliphatic heterocycles. The third-order valence-corrected chi connectivity index (χ3v) is 6.23. The summed E-state index contributed by atoms with van der Waals surface area (Å²) in [5.74, 6) is 0.468. The fourth-order valence-electron chi connectivity index (χ4n) is 0.499. The van der Waals surface area contributed by atoms with Crippen LogP contribution >= 0.6 is 44.2 Å². The minimum atomic E-state index is -4.94. The Morgan fingerprint density at radius 1 is 1.20 bits per heavy atom. The summed E-state index contributed by atoms with van der Waals surface area (Å²) in [7, 11) is -1.68. The summed E-state index contributed by atoms with van der Waals surface area (Å²) in [4.78, 5) is 0. The molecule has 0 atom stereocenters. The van der Waals surface area contributed by atoms with Crippen LogP contribution in [0.2, 0.25) is 0 Å². The summed E-state index contributed by atoms with van der Waals surface area (Å²) < 4.78 is 36.0. The van der Waals surface area contributed by atoms with E-state index in [1.807, 2.05) is 12.5 Å². The maximum Gasteiger partial charge on any atom is 0.323 e. The lowest BCUT2D eigenvalue weighted by Crippen LogP contribution is -2.68. The molecular weight excluding hydrogens is 304 g/mol. The van der Waals surface area contributed by atoms with Crippen LogP contribution in [0.1, 0.15) is 0 Å². The molecule has 0 aromatic carbocycles. The van der Waals surface area contributed by atoms with Crippen molar-refractivity contribution >= 4 is 44.2 Å². The van der Waals surface area contributed by atoms with Crippen LogP contribution < -0.4 is 18.6 Å². The maximum absolute atomic E-state index is 9.41. The Balaban J connectivity index is 0.000000336. The molecule has 0 unspecified atom stereocenters. The quantitative estimate of drug-likeness (QED) is 0.401. The van der Waals surface area contributed by atoms with Gasteiger partial charge in [-0.3, -0.25) is 0 Å². The van der Waals surface area contributed by atoms with Crippen LogP contribution in [0.5, 0.6) is 5.75 Å². The smallest absolute Gasteiger partial charge is 0.323 e. The largest absolute Gasteiger partial charge is 0.501 e. The number of rotatable bonds is 2. The van der Waals surface area contributed by atoms with Crippen molar-refractivity contribution < 1.29 is 34.0 Å². The predicted octanol–water partition coefficient (Wildman–Crippen LogP) is -1.52. The highest BCUT2D eigenvalue weighted by Crippen LogP contribution is 2.44. The molecule has 1 aromatic heterocycles. The third-order valence-electron chi connectivity index (χ3n) is 0.951. The van der Waals surface area contributed by atoms with Gasteiger partial charge in [0.05, 0.1) is 0 Å². The van der Waals surface area contributed by atoms with Gasteiger partial charge in [0, 0.05) is 0 Å². The van der Waals surface area contributed by atoms with Gasteiger partial charge in [-0.2, -0.15) is 0 Å². The molecule has 88 valence electrons. The second kappa shape index (κ2) is 7.09. The molecule has 5 nitrogen and oxygen atoms in total. The summed E-state index contributed by atoms with van der Waals surface area (Å²) in [5.41, 5.74) is 0. The highest BCUT2D eigenvalue weighted by atomic mass is 35.7. The SMILES string of the molecule is CSc1s[s+]c(SC)c1O.[O-][Cl+3]([O-])([O-])[O-]. The van der Waals surface area contributed by atoms with Gasteiger partial charge in [-0.15, -0.1) is 22.0 Å². The van der Waals surface area contributed by atoms with Gasteiger partial charge < -0.3 is 5.11 Å². The van der Waals surface area contributed by atoms with E-state index < -0.39 is 10.2 Å². The topological polar surface area (TPSA) is 112 Å². The fraction of sp³-hybridized carbons (Fsp3) is 0.400. The number of halogens is 1. The van der Waals surface area contributed by atoms with Gasteiger partial charge in [-0.05, 0) is 12.5 Å². The van der Waals surface area contributed by atoms with Crippen molar-refractivity contribution in [2.24, 2.45) is 0 Å². The van der Waals surface area contributed by atoms with Gasteiger partial charge in [-0.25, -0.2) is 18.6 Å². The van der Waals surface area contributed by atoms with Gasteiger partial charge >= 0.3 is 14.5 Å². The van der Waals surface area contributed by atoms with Crippen molar-refractivity contribution in [3.8, 4) is 5.75 Å². The first-order valence-corrected chi connectivity index (χ1v) is 8.97. The first kappa shape index (κ1) is 15.7. The van der Waals surface area contributed by atoms with E-state index in [1.165, 1.54) is 0 Å². The molecule has 1 aromatic rings. The average molecular weight is 311 g/mol. The van der Waals surface area contributed by atoms with E-state index in [0.29, 0.717) is 5.75 Å². The molecule has 15 heavy (non-hydrogen) atoms. The molecule has 0 saturated carbocycles. The van der Waals surface area contributed by atoms with Crippen molar-refractivity contribution in [2.75, 3.05) is 12.5 Å². The number of hydrogen-bond donors (Lipinski definition) is 1. The molecule has 0 radical (unpaired) electrons. The minimum Gasteiger partial charge on any atom is -0.501 e. The number of hydrogen-bond acceptors (Lipinski definition) is 8. The highest BCUT2D eigenvalue weighted by molar-refractivity contribution is 8.05. The molecule has 0 bridgehead atoms. The van der Waals surface area contributed by atoms with Crippen molar-refractivity contribution in [3.63, 3.8) is 0 Å². The average Bonchev–Trinajstić information content (AvgIpc) is 2.43. The zero-order valence-corrected chi connectivity index (χ0v) is 11.6. The van der Waals surface area contributed by atoms with E-state index in [9.17, 15) is 5.11 Å². The third kappa shape index (κ3) is 7.55. The van der Waals surface area contributed by atoms with Gasteiger partial charge in [0.25, 0.3) is 0 Å².